The summed E-state index contributed by atoms with van der Waals surface area (Å²) < 4.78 is 8.84. The van der Waals surface area contributed by atoms with Gasteiger partial charge < -0.3 is 4.74 Å². The minimum atomic E-state index is -0.504. The van der Waals surface area contributed by atoms with Gasteiger partial charge in [0, 0.05) is 16.1 Å². The van der Waals surface area contributed by atoms with Gasteiger partial charge in [0.2, 0.25) is 5.91 Å². The number of halogens is 3. The summed E-state index contributed by atoms with van der Waals surface area (Å²) in [7, 11) is 0. The fraction of sp³-hybridized carbons (Fsp3) is 0.0909. The van der Waals surface area contributed by atoms with Crippen molar-refractivity contribution in [1.82, 2.24) is 5.43 Å². The number of nitro benzene ring substituents is 1. The minimum absolute atomic E-state index is 0.0885. The van der Waals surface area contributed by atoms with Crippen molar-refractivity contribution in [2.45, 2.75) is 13.0 Å². The van der Waals surface area contributed by atoms with E-state index in [1.165, 1.54) is 12.3 Å². The number of para-hydroxylation sites is 1. The summed E-state index contributed by atoms with van der Waals surface area (Å²) >= 11 is 7.82. The molecule has 7 nitrogen and oxygen atoms in total. The Morgan fingerprint density at radius 1 is 1.12 bits per heavy atom. The van der Waals surface area contributed by atoms with Crippen LogP contribution in [0.2, 0.25) is 0 Å². The summed E-state index contributed by atoms with van der Waals surface area (Å²) in [6, 6.07) is 17.9. The van der Waals surface area contributed by atoms with E-state index in [0.29, 0.717) is 12.2 Å². The molecule has 0 radical (unpaired) electrons. The quantitative estimate of drug-likeness (QED) is 0.137. The SMILES string of the molecule is O=C(Cc1ccccc1[N+](=O)[O-])N/N=C/c1cc(I)c(OCc2ccc(Br)cc2)c(I)c1. The lowest BCUT2D eigenvalue weighted by Crippen LogP contribution is -2.20. The lowest BCUT2D eigenvalue weighted by molar-refractivity contribution is -0.385. The van der Waals surface area contributed by atoms with Gasteiger partial charge in [-0.25, -0.2) is 5.43 Å². The highest BCUT2D eigenvalue weighted by atomic mass is 127. The summed E-state index contributed by atoms with van der Waals surface area (Å²) in [4.78, 5) is 22.7. The van der Waals surface area contributed by atoms with Gasteiger partial charge in [-0.15, -0.1) is 0 Å². The number of amides is 1. The minimum Gasteiger partial charge on any atom is -0.487 e. The van der Waals surface area contributed by atoms with Gasteiger partial charge in [0.15, 0.2) is 0 Å². The van der Waals surface area contributed by atoms with Crippen molar-refractivity contribution < 1.29 is 14.5 Å². The summed E-state index contributed by atoms with van der Waals surface area (Å²) in [6.07, 6.45) is 1.40. The topological polar surface area (TPSA) is 93.8 Å². The lowest BCUT2D eigenvalue weighted by Gasteiger charge is -2.11. The highest BCUT2D eigenvalue weighted by molar-refractivity contribution is 14.1. The molecule has 0 saturated heterocycles. The van der Waals surface area contributed by atoms with Crippen LogP contribution in [0, 0.1) is 17.3 Å². The van der Waals surface area contributed by atoms with Crippen LogP contribution in [0.5, 0.6) is 5.75 Å². The van der Waals surface area contributed by atoms with E-state index in [1.54, 1.807) is 18.2 Å². The van der Waals surface area contributed by atoms with Crippen LogP contribution < -0.4 is 10.2 Å². The van der Waals surface area contributed by atoms with Crippen LogP contribution in [-0.4, -0.2) is 17.0 Å². The molecule has 0 bridgehead atoms. The van der Waals surface area contributed by atoms with Gasteiger partial charge in [-0.05, 0) is 80.6 Å². The van der Waals surface area contributed by atoms with Gasteiger partial charge in [0.05, 0.1) is 24.7 Å². The Bertz CT molecular complexity index is 1150. The Balaban J connectivity index is 1.60. The van der Waals surface area contributed by atoms with Gasteiger partial charge in [-0.3, -0.25) is 14.9 Å². The maximum absolute atomic E-state index is 12.1. The fourth-order valence-corrected chi connectivity index (χ4v) is 5.15. The van der Waals surface area contributed by atoms with Crippen LogP contribution in [0.25, 0.3) is 0 Å². The van der Waals surface area contributed by atoms with E-state index in [4.69, 9.17) is 4.74 Å². The van der Waals surface area contributed by atoms with Crippen molar-refractivity contribution in [2.75, 3.05) is 0 Å². The van der Waals surface area contributed by atoms with Crippen molar-refractivity contribution in [3.63, 3.8) is 0 Å². The van der Waals surface area contributed by atoms with E-state index in [-0.39, 0.29) is 12.1 Å². The first-order chi connectivity index (χ1) is 15.3. The molecule has 164 valence electrons. The van der Waals surface area contributed by atoms with Crippen molar-refractivity contribution in [2.24, 2.45) is 5.10 Å². The third-order valence-electron chi connectivity index (χ3n) is 4.26. The standard InChI is InChI=1S/C22H16BrI2N3O4/c23-17-7-5-14(6-8-17)13-32-22-18(24)9-15(10-19(22)25)12-26-27-21(29)11-16-3-1-2-4-20(16)28(30)31/h1-10,12H,11,13H2,(H,27,29)/b26-12+. The number of nitrogens with one attached hydrogen (secondary N) is 1. The van der Waals surface area contributed by atoms with E-state index in [0.717, 1.165) is 28.5 Å². The molecule has 0 spiro atoms. The second-order valence-electron chi connectivity index (χ2n) is 6.58. The monoisotopic (exact) mass is 719 g/mol. The first-order valence-corrected chi connectivity index (χ1v) is 12.2. The van der Waals surface area contributed by atoms with E-state index in [9.17, 15) is 14.9 Å². The molecule has 0 aliphatic carbocycles. The summed E-state index contributed by atoms with van der Waals surface area (Å²) in [5.41, 5.74) is 4.52. The third kappa shape index (κ3) is 6.97. The van der Waals surface area contributed by atoms with E-state index < -0.39 is 10.8 Å². The molecule has 0 unspecified atom stereocenters. The molecular formula is C22H16BrI2N3O4. The maximum Gasteiger partial charge on any atom is 0.273 e. The Morgan fingerprint density at radius 3 is 2.44 bits per heavy atom. The zero-order valence-corrected chi connectivity index (χ0v) is 22.3. The summed E-state index contributed by atoms with van der Waals surface area (Å²) in [6.45, 7) is 0.453. The van der Waals surface area contributed by atoms with Crippen molar-refractivity contribution in [3.05, 3.63) is 99.1 Å². The highest BCUT2D eigenvalue weighted by Crippen LogP contribution is 2.29. The molecule has 3 aromatic rings. The second-order valence-corrected chi connectivity index (χ2v) is 9.82. The number of hydrazone groups is 1. The largest absolute Gasteiger partial charge is 0.487 e. The molecule has 0 saturated carbocycles. The Morgan fingerprint density at radius 2 is 1.78 bits per heavy atom. The van der Waals surface area contributed by atoms with E-state index >= 15 is 0 Å². The number of rotatable bonds is 8. The molecule has 0 heterocycles. The average Bonchev–Trinajstić information content (AvgIpc) is 2.74. The van der Waals surface area contributed by atoms with Crippen molar-refractivity contribution >= 4 is 78.9 Å². The molecule has 1 amide bonds. The number of benzene rings is 3. The van der Waals surface area contributed by atoms with Gasteiger partial charge in [-0.2, -0.15) is 5.10 Å². The van der Waals surface area contributed by atoms with E-state index in [1.807, 2.05) is 36.4 Å². The zero-order valence-electron chi connectivity index (χ0n) is 16.4. The second kappa shape index (κ2) is 11.7. The zero-order chi connectivity index (χ0) is 23.1. The number of ether oxygens (including phenoxy) is 1. The number of nitrogens with zero attached hydrogens (tertiary/aromatic N) is 2. The Hall–Kier alpha value is -2.06. The molecule has 1 N–H and O–H groups in total. The predicted molar refractivity (Wildman–Crippen MR) is 143 cm³/mol. The summed E-state index contributed by atoms with van der Waals surface area (Å²) in [5.74, 6) is 0.348. The van der Waals surface area contributed by atoms with Crippen LogP contribution in [-0.2, 0) is 17.8 Å². The number of hydrogen-bond donors (Lipinski definition) is 1. The Labute approximate surface area is 220 Å². The van der Waals surface area contributed by atoms with Crippen molar-refractivity contribution in [3.8, 4) is 5.75 Å². The molecular weight excluding hydrogens is 704 g/mol. The molecule has 0 atom stereocenters. The smallest absolute Gasteiger partial charge is 0.273 e. The predicted octanol–water partition coefficient (Wildman–Crippen LogP) is 5.84. The molecule has 3 rings (SSSR count). The van der Waals surface area contributed by atoms with Crippen LogP contribution >= 0.6 is 61.1 Å². The van der Waals surface area contributed by atoms with Crippen molar-refractivity contribution in [1.29, 1.82) is 0 Å². The fourth-order valence-electron chi connectivity index (χ4n) is 2.76. The maximum atomic E-state index is 12.1. The van der Waals surface area contributed by atoms with Gasteiger partial charge >= 0.3 is 0 Å². The van der Waals surface area contributed by atoms with E-state index in [2.05, 4.69) is 71.6 Å². The Kier molecular flexibility index (Phi) is 8.99. The number of carbonyl (C=O) groups excluding carboxylic acids is 1. The molecule has 0 fully saturated rings. The molecule has 0 aliphatic heterocycles. The van der Waals surface area contributed by atoms with Crippen LogP contribution in [0.15, 0.2) is 70.2 Å². The first kappa shape index (κ1) is 24.6. The molecule has 32 heavy (non-hydrogen) atoms. The normalized spacial score (nSPS) is 10.8. The van der Waals surface area contributed by atoms with Crippen LogP contribution in [0.1, 0.15) is 16.7 Å². The van der Waals surface area contributed by atoms with Gasteiger partial charge in [0.1, 0.15) is 12.4 Å². The first-order valence-electron chi connectivity index (χ1n) is 9.24. The number of nitro groups is 1. The average molecular weight is 720 g/mol. The highest BCUT2D eigenvalue weighted by Gasteiger charge is 2.15. The van der Waals surface area contributed by atoms with Crippen LogP contribution in [0.4, 0.5) is 5.69 Å². The molecule has 0 aliphatic rings. The number of hydrogen-bond acceptors (Lipinski definition) is 5. The summed E-state index contributed by atoms with van der Waals surface area (Å²) in [5, 5.41) is 15.0. The van der Waals surface area contributed by atoms with Gasteiger partial charge in [0.25, 0.3) is 5.69 Å². The third-order valence-corrected chi connectivity index (χ3v) is 6.39. The van der Waals surface area contributed by atoms with Crippen LogP contribution in [0.3, 0.4) is 0 Å². The molecule has 10 heteroatoms. The molecule has 0 aromatic heterocycles. The van der Waals surface area contributed by atoms with Gasteiger partial charge in [-0.1, -0.05) is 46.3 Å². The lowest BCUT2D eigenvalue weighted by atomic mass is 10.1. The number of carbonyl (C=O) groups is 1. The molecule has 3 aromatic carbocycles.